The molecule has 0 saturated heterocycles. The summed E-state index contributed by atoms with van der Waals surface area (Å²) in [7, 11) is 3.25. The topological polar surface area (TPSA) is 18.5 Å². The van der Waals surface area contributed by atoms with Crippen molar-refractivity contribution in [3.05, 3.63) is 58.1 Å². The van der Waals surface area contributed by atoms with Crippen LogP contribution in [0.1, 0.15) is 22.1 Å². The van der Waals surface area contributed by atoms with Gasteiger partial charge in [0.15, 0.2) is 0 Å². The fraction of sp³-hybridized carbons (Fsp3) is 0.250. The van der Waals surface area contributed by atoms with Gasteiger partial charge in [-0.05, 0) is 48.4 Å². The first-order chi connectivity index (χ1) is 9.56. The van der Waals surface area contributed by atoms with Crippen LogP contribution >= 0.6 is 23.2 Å². The molecule has 0 aliphatic carbocycles. The molecule has 2 nitrogen and oxygen atoms in total. The molecule has 0 aromatic heterocycles. The Morgan fingerprint density at radius 3 is 2.35 bits per heavy atom. The van der Waals surface area contributed by atoms with E-state index in [0.717, 1.165) is 28.2 Å². The molecule has 106 valence electrons. The van der Waals surface area contributed by atoms with E-state index >= 15 is 0 Å². The van der Waals surface area contributed by atoms with Crippen LogP contribution in [-0.4, -0.2) is 14.2 Å². The van der Waals surface area contributed by atoms with E-state index in [1.807, 2.05) is 43.3 Å². The van der Waals surface area contributed by atoms with Gasteiger partial charge in [-0.15, -0.1) is 11.6 Å². The summed E-state index contributed by atoms with van der Waals surface area (Å²) in [4.78, 5) is 0. The molecule has 0 amide bonds. The van der Waals surface area contributed by atoms with Crippen LogP contribution in [0.3, 0.4) is 0 Å². The summed E-state index contributed by atoms with van der Waals surface area (Å²) in [5, 5.41) is 0.317. The second-order valence-electron chi connectivity index (χ2n) is 4.47. The lowest BCUT2D eigenvalue weighted by Crippen LogP contribution is -2.00. The fourth-order valence-corrected chi connectivity index (χ4v) is 2.68. The number of hydrogen-bond donors (Lipinski definition) is 0. The highest BCUT2D eigenvalue weighted by molar-refractivity contribution is 6.31. The molecule has 0 heterocycles. The monoisotopic (exact) mass is 310 g/mol. The lowest BCUT2D eigenvalue weighted by molar-refractivity contribution is 0.399. The van der Waals surface area contributed by atoms with Gasteiger partial charge in [0.25, 0.3) is 0 Å². The highest BCUT2D eigenvalue weighted by Crippen LogP contribution is 2.39. The van der Waals surface area contributed by atoms with E-state index < -0.39 is 0 Å². The molecule has 0 N–H and O–H groups in total. The van der Waals surface area contributed by atoms with E-state index in [4.69, 9.17) is 32.7 Å². The zero-order chi connectivity index (χ0) is 14.7. The number of alkyl halides is 1. The van der Waals surface area contributed by atoms with Crippen LogP contribution < -0.4 is 9.47 Å². The Hall–Kier alpha value is -1.38. The molecule has 2 aromatic rings. The summed E-state index contributed by atoms with van der Waals surface area (Å²) in [5.41, 5.74) is 2.91. The van der Waals surface area contributed by atoms with Gasteiger partial charge in [-0.3, -0.25) is 0 Å². The van der Waals surface area contributed by atoms with Crippen molar-refractivity contribution in [2.24, 2.45) is 0 Å². The maximum atomic E-state index is 6.63. The number of hydrogen-bond acceptors (Lipinski definition) is 2. The van der Waals surface area contributed by atoms with Gasteiger partial charge in [-0.1, -0.05) is 17.7 Å². The Kier molecular flexibility index (Phi) is 4.79. The Bertz CT molecular complexity index is 611. The molecule has 4 heteroatoms. The summed E-state index contributed by atoms with van der Waals surface area (Å²) in [6, 6.07) is 11.3. The van der Waals surface area contributed by atoms with Crippen LogP contribution in [0.5, 0.6) is 11.5 Å². The van der Waals surface area contributed by atoms with Crippen LogP contribution in [0.15, 0.2) is 36.4 Å². The Morgan fingerprint density at radius 2 is 1.70 bits per heavy atom. The minimum absolute atomic E-state index is 0.348. The Balaban J connectivity index is 2.51. The summed E-state index contributed by atoms with van der Waals surface area (Å²) < 4.78 is 10.6. The van der Waals surface area contributed by atoms with E-state index in [-0.39, 0.29) is 5.38 Å². The van der Waals surface area contributed by atoms with Gasteiger partial charge in [0, 0.05) is 10.6 Å². The number of benzene rings is 2. The first-order valence-electron chi connectivity index (χ1n) is 6.19. The molecule has 0 fully saturated rings. The van der Waals surface area contributed by atoms with Crippen LogP contribution in [0.4, 0.5) is 0 Å². The lowest BCUT2D eigenvalue weighted by atomic mass is 9.99. The normalized spacial score (nSPS) is 12.1. The molecule has 1 unspecified atom stereocenters. The largest absolute Gasteiger partial charge is 0.497 e. The van der Waals surface area contributed by atoms with Gasteiger partial charge in [0.1, 0.15) is 11.5 Å². The zero-order valence-corrected chi connectivity index (χ0v) is 13.1. The molecule has 0 bridgehead atoms. The highest BCUT2D eigenvalue weighted by Gasteiger charge is 2.18. The third-order valence-electron chi connectivity index (χ3n) is 3.22. The summed E-state index contributed by atoms with van der Waals surface area (Å²) >= 11 is 12.7. The average molecular weight is 311 g/mol. The Labute approximate surface area is 129 Å². The number of ether oxygens (including phenoxy) is 2. The predicted octanol–water partition coefficient (Wildman–Crippen LogP) is 4.99. The minimum atomic E-state index is -0.348. The first kappa shape index (κ1) is 15.0. The standard InChI is InChI=1S/C16H16Cl2O2/c1-10-4-5-11(17)8-13(10)16(18)14-9-12(19-2)6-7-15(14)20-3/h4-9,16H,1-3H3. The van der Waals surface area contributed by atoms with Gasteiger partial charge in [-0.25, -0.2) is 0 Å². The molecule has 1 atom stereocenters. The highest BCUT2D eigenvalue weighted by atomic mass is 35.5. The number of aryl methyl sites for hydroxylation is 1. The fourth-order valence-electron chi connectivity index (χ4n) is 2.09. The maximum absolute atomic E-state index is 6.63. The molecule has 0 aliphatic rings. The number of methoxy groups -OCH3 is 2. The van der Waals surface area contributed by atoms with Gasteiger partial charge >= 0.3 is 0 Å². The summed E-state index contributed by atoms with van der Waals surface area (Å²) in [6.07, 6.45) is 0. The quantitative estimate of drug-likeness (QED) is 0.740. The number of halogens is 2. The van der Waals surface area contributed by atoms with E-state index in [2.05, 4.69) is 0 Å². The van der Waals surface area contributed by atoms with Crippen molar-refractivity contribution in [2.45, 2.75) is 12.3 Å². The van der Waals surface area contributed by atoms with E-state index in [1.165, 1.54) is 0 Å². The number of rotatable bonds is 4. The van der Waals surface area contributed by atoms with E-state index in [0.29, 0.717) is 5.02 Å². The minimum Gasteiger partial charge on any atom is -0.497 e. The molecule has 2 aromatic carbocycles. The van der Waals surface area contributed by atoms with Gasteiger partial charge in [0.2, 0.25) is 0 Å². The van der Waals surface area contributed by atoms with E-state index in [9.17, 15) is 0 Å². The smallest absolute Gasteiger partial charge is 0.124 e. The van der Waals surface area contributed by atoms with Crippen molar-refractivity contribution < 1.29 is 9.47 Å². The molecule has 0 aliphatic heterocycles. The molecule has 0 saturated carbocycles. The van der Waals surface area contributed by atoms with Crippen molar-refractivity contribution in [3.8, 4) is 11.5 Å². The van der Waals surface area contributed by atoms with Gasteiger partial charge in [-0.2, -0.15) is 0 Å². The maximum Gasteiger partial charge on any atom is 0.124 e. The molecule has 2 rings (SSSR count). The van der Waals surface area contributed by atoms with Crippen LogP contribution in [0.25, 0.3) is 0 Å². The van der Waals surface area contributed by atoms with Crippen molar-refractivity contribution in [1.29, 1.82) is 0 Å². The lowest BCUT2D eigenvalue weighted by Gasteiger charge is -2.17. The van der Waals surface area contributed by atoms with Gasteiger partial charge in [0.05, 0.1) is 19.6 Å². The zero-order valence-electron chi connectivity index (χ0n) is 11.6. The second-order valence-corrected chi connectivity index (χ2v) is 5.34. The third-order valence-corrected chi connectivity index (χ3v) is 3.93. The van der Waals surface area contributed by atoms with Crippen molar-refractivity contribution in [2.75, 3.05) is 14.2 Å². The van der Waals surface area contributed by atoms with Crippen molar-refractivity contribution in [3.63, 3.8) is 0 Å². The van der Waals surface area contributed by atoms with Crippen LogP contribution in [-0.2, 0) is 0 Å². The Morgan fingerprint density at radius 1 is 0.950 bits per heavy atom. The molecular weight excluding hydrogens is 295 g/mol. The predicted molar refractivity (Wildman–Crippen MR) is 83.4 cm³/mol. The molecular formula is C16H16Cl2O2. The van der Waals surface area contributed by atoms with E-state index in [1.54, 1.807) is 14.2 Å². The average Bonchev–Trinajstić information content (AvgIpc) is 2.48. The van der Waals surface area contributed by atoms with Crippen LogP contribution in [0, 0.1) is 6.92 Å². The van der Waals surface area contributed by atoms with Gasteiger partial charge < -0.3 is 9.47 Å². The first-order valence-corrected chi connectivity index (χ1v) is 7.00. The van der Waals surface area contributed by atoms with Crippen molar-refractivity contribution >= 4 is 23.2 Å². The van der Waals surface area contributed by atoms with Crippen LogP contribution in [0.2, 0.25) is 5.02 Å². The third kappa shape index (κ3) is 3.02. The second kappa shape index (κ2) is 6.38. The molecule has 0 radical (unpaired) electrons. The molecule has 20 heavy (non-hydrogen) atoms. The summed E-state index contributed by atoms with van der Waals surface area (Å²) in [6.45, 7) is 2.01. The van der Waals surface area contributed by atoms with Crippen molar-refractivity contribution in [1.82, 2.24) is 0 Å². The SMILES string of the molecule is COc1ccc(OC)c(C(Cl)c2cc(Cl)ccc2C)c1. The molecule has 0 spiro atoms. The summed E-state index contributed by atoms with van der Waals surface area (Å²) in [5.74, 6) is 1.47.